The Labute approximate surface area is 158 Å². The first-order valence-electron chi connectivity index (χ1n) is 5.94. The summed E-state index contributed by atoms with van der Waals surface area (Å²) in [4.78, 5) is 35.8. The van der Waals surface area contributed by atoms with Crippen molar-refractivity contribution in [3.8, 4) is 0 Å². The number of carbonyl (C=O) groups excluding carboxylic acids is 3. The summed E-state index contributed by atoms with van der Waals surface area (Å²) in [7, 11) is -4.18. The van der Waals surface area contributed by atoms with Gasteiger partial charge in [0.2, 0.25) is 5.91 Å². The Morgan fingerprint density at radius 1 is 1.48 bits per heavy atom. The number of nitrogens with zero attached hydrogens (tertiary/aromatic N) is 1. The van der Waals surface area contributed by atoms with Gasteiger partial charge in [0.05, 0.1) is 13.5 Å². The number of esters is 1. The summed E-state index contributed by atoms with van der Waals surface area (Å²) >= 11 is 1.33. The summed E-state index contributed by atoms with van der Waals surface area (Å²) < 4.78 is 37.1. The van der Waals surface area contributed by atoms with Gasteiger partial charge in [0.1, 0.15) is 6.04 Å². The van der Waals surface area contributed by atoms with Crippen LogP contribution in [0.3, 0.4) is 0 Å². The van der Waals surface area contributed by atoms with E-state index in [2.05, 4.69) is 10.1 Å². The number of rotatable bonds is 5. The van der Waals surface area contributed by atoms with Gasteiger partial charge in [-0.15, -0.1) is 11.3 Å². The maximum absolute atomic E-state index is 11.8. The van der Waals surface area contributed by atoms with Gasteiger partial charge in [0, 0.05) is 4.88 Å². The number of hydrogen-bond donors (Lipinski definition) is 1. The van der Waals surface area contributed by atoms with Crippen LogP contribution in [0.2, 0.25) is 0 Å². The minimum absolute atomic E-state index is 0. The van der Waals surface area contributed by atoms with E-state index in [1.165, 1.54) is 11.3 Å². The summed E-state index contributed by atoms with van der Waals surface area (Å²) in [5.41, 5.74) is 0. The van der Waals surface area contributed by atoms with Crippen LogP contribution in [0.15, 0.2) is 17.5 Å². The zero-order valence-corrected chi connectivity index (χ0v) is 15.8. The minimum atomic E-state index is -5.15. The normalized spacial score (nSPS) is 20.3. The van der Waals surface area contributed by atoms with E-state index in [-0.39, 0.29) is 40.3 Å². The maximum atomic E-state index is 11.8. The summed E-state index contributed by atoms with van der Waals surface area (Å²) in [5, 5.41) is 4.01. The molecule has 2 amide bonds. The third kappa shape index (κ3) is 4.31. The number of amides is 2. The van der Waals surface area contributed by atoms with E-state index in [0.29, 0.717) is 0 Å². The van der Waals surface area contributed by atoms with E-state index in [1.807, 2.05) is 0 Å². The number of β-lactam (4-membered cyclic amide) rings is 1. The summed E-state index contributed by atoms with van der Waals surface area (Å²) in [6, 6.07) is 0.347. The molecule has 1 aromatic heterocycles. The Morgan fingerprint density at radius 3 is 2.61 bits per heavy atom. The average Bonchev–Trinajstić information content (AvgIpc) is 2.92. The van der Waals surface area contributed by atoms with Gasteiger partial charge in [0.15, 0.2) is 16.3 Å². The van der Waals surface area contributed by atoms with E-state index in [9.17, 15) is 27.4 Å². The second kappa shape index (κ2) is 7.73. The number of nitrogens with one attached hydrogen (secondary N) is 1. The van der Waals surface area contributed by atoms with Crippen molar-refractivity contribution >= 4 is 39.4 Å². The van der Waals surface area contributed by atoms with Gasteiger partial charge in [-0.05, 0) is 11.4 Å². The van der Waals surface area contributed by atoms with Gasteiger partial charge in [-0.25, -0.2) is 17.5 Å². The van der Waals surface area contributed by atoms with Gasteiger partial charge in [0.25, 0.3) is 5.91 Å². The van der Waals surface area contributed by atoms with Gasteiger partial charge in [-0.2, -0.15) is 0 Å². The second-order valence-electron chi connectivity index (χ2n) is 4.36. The number of thiophene rings is 1. The number of methoxy groups -OCH3 is 1. The van der Waals surface area contributed by atoms with Crippen molar-refractivity contribution in [3.63, 3.8) is 0 Å². The Bertz CT molecular complexity index is 704. The molecule has 0 bridgehead atoms. The number of ether oxygens (including phenoxy) is 1. The fourth-order valence-corrected chi connectivity index (χ4v) is 3.52. The molecule has 0 spiro atoms. The molecule has 120 valence electrons. The second-order valence-corrected chi connectivity index (χ2v) is 6.64. The Morgan fingerprint density at radius 2 is 2.13 bits per heavy atom. The van der Waals surface area contributed by atoms with E-state index in [0.717, 1.165) is 12.0 Å². The molecule has 0 aromatic carbocycles. The van der Waals surface area contributed by atoms with Crippen LogP contribution in [0.1, 0.15) is 4.88 Å². The molecular formula is C11H11N2NaO7S2. The smallest absolute Gasteiger partial charge is 0.731 e. The Kier molecular flexibility index (Phi) is 6.74. The molecular weight excluding hydrogens is 359 g/mol. The molecule has 23 heavy (non-hydrogen) atoms. The largest absolute Gasteiger partial charge is 1.00 e. The van der Waals surface area contributed by atoms with E-state index in [4.69, 9.17) is 0 Å². The molecule has 0 saturated carbocycles. The van der Waals surface area contributed by atoms with E-state index in [1.54, 1.807) is 17.5 Å². The molecule has 1 aliphatic heterocycles. The summed E-state index contributed by atoms with van der Waals surface area (Å²) in [6.45, 7) is 0. The third-order valence-electron chi connectivity index (χ3n) is 2.97. The molecule has 12 heteroatoms. The maximum Gasteiger partial charge on any atom is 1.00 e. The van der Waals surface area contributed by atoms with Crippen molar-refractivity contribution in [1.29, 1.82) is 0 Å². The molecule has 1 aromatic rings. The first-order chi connectivity index (χ1) is 10.3. The van der Waals surface area contributed by atoms with Gasteiger partial charge >= 0.3 is 35.5 Å². The molecule has 9 nitrogen and oxygen atoms in total. The molecule has 1 N–H and O–H groups in total. The van der Waals surface area contributed by atoms with Gasteiger partial charge in [-0.3, -0.25) is 9.59 Å². The number of carbonyl (C=O) groups is 3. The fourth-order valence-electron chi connectivity index (χ4n) is 2.00. The van der Waals surface area contributed by atoms with Crippen LogP contribution in [0.4, 0.5) is 0 Å². The van der Waals surface area contributed by atoms with Gasteiger partial charge < -0.3 is 14.6 Å². The van der Waals surface area contributed by atoms with Gasteiger partial charge in [-0.1, -0.05) is 6.07 Å². The van der Waals surface area contributed by atoms with Crippen molar-refractivity contribution in [3.05, 3.63) is 22.4 Å². The van der Waals surface area contributed by atoms with Crippen LogP contribution in [0, 0.1) is 0 Å². The average molecular weight is 370 g/mol. The molecule has 2 heterocycles. The molecule has 1 aliphatic rings. The van der Waals surface area contributed by atoms with Crippen LogP contribution in [0.25, 0.3) is 0 Å². The molecule has 0 aliphatic carbocycles. The van der Waals surface area contributed by atoms with Crippen LogP contribution < -0.4 is 34.9 Å². The van der Waals surface area contributed by atoms with Crippen molar-refractivity contribution in [2.45, 2.75) is 18.5 Å². The zero-order chi connectivity index (χ0) is 16.5. The van der Waals surface area contributed by atoms with Crippen molar-refractivity contribution in [1.82, 2.24) is 9.62 Å². The predicted octanol–water partition coefficient (Wildman–Crippen LogP) is -4.38. The molecule has 1 fully saturated rings. The summed E-state index contributed by atoms with van der Waals surface area (Å²) in [6.07, 6.45) is -0.0283. The third-order valence-corrected chi connectivity index (χ3v) is 4.73. The molecule has 2 atom stereocenters. The molecule has 0 unspecified atom stereocenters. The van der Waals surface area contributed by atoms with E-state index < -0.39 is 40.2 Å². The van der Waals surface area contributed by atoms with Crippen LogP contribution >= 0.6 is 11.3 Å². The fraction of sp³-hybridized carbons (Fsp3) is 0.364. The van der Waals surface area contributed by atoms with Crippen LogP contribution in [-0.4, -0.2) is 54.3 Å². The topological polar surface area (TPSA) is 133 Å². The monoisotopic (exact) mass is 370 g/mol. The Balaban J connectivity index is 0.00000264. The van der Waals surface area contributed by atoms with Crippen molar-refractivity contribution < 1.29 is 61.6 Å². The van der Waals surface area contributed by atoms with E-state index >= 15 is 0 Å². The van der Waals surface area contributed by atoms with Crippen molar-refractivity contribution in [2.24, 2.45) is 0 Å². The minimum Gasteiger partial charge on any atom is -0.731 e. The Hall–Kier alpha value is -0.980. The first-order valence-corrected chi connectivity index (χ1v) is 8.19. The number of hydrogen-bond acceptors (Lipinski definition) is 8. The van der Waals surface area contributed by atoms with Crippen LogP contribution in [-0.2, 0) is 35.8 Å². The van der Waals surface area contributed by atoms with Crippen LogP contribution in [0.5, 0.6) is 0 Å². The standard InChI is InChI=1S/C11H12N2O7S2.Na/c1-20-11(16)9-8(10(15)13(9)22(17,18)19)12-7(14)5-6-3-2-4-21-6;/h2-4,8-9H,5H2,1H3,(H,12,14)(H,17,18,19);/q;+1/p-1/t8-,9-;/m1./s1. The molecule has 0 radical (unpaired) electrons. The van der Waals surface area contributed by atoms with Crippen molar-refractivity contribution in [2.75, 3.05) is 7.11 Å². The molecule has 1 saturated heterocycles. The first kappa shape index (κ1) is 20.1. The molecule has 2 rings (SSSR count). The predicted molar refractivity (Wildman–Crippen MR) is 72.3 cm³/mol. The SMILES string of the molecule is COC(=O)[C@H]1[C@@H](NC(=O)Cc2cccs2)C(=O)N1S(=O)(=O)[O-].[Na+]. The summed E-state index contributed by atoms with van der Waals surface area (Å²) in [5.74, 6) is -2.83. The zero-order valence-electron chi connectivity index (χ0n) is 12.2. The quantitative estimate of drug-likeness (QED) is 0.240.